The molecule has 7 nitrogen and oxygen atoms in total. The molecule has 150 valence electrons. The monoisotopic (exact) mass is 395 g/mol. The molecule has 1 aliphatic heterocycles. The lowest BCUT2D eigenvalue weighted by molar-refractivity contribution is 0.199. The van der Waals surface area contributed by atoms with E-state index in [2.05, 4.69) is 24.8 Å². The lowest BCUT2D eigenvalue weighted by Gasteiger charge is -2.35. The first-order valence-corrected chi connectivity index (χ1v) is 9.52. The van der Waals surface area contributed by atoms with Gasteiger partial charge in [0.25, 0.3) is 5.88 Å². The summed E-state index contributed by atoms with van der Waals surface area (Å²) in [7, 11) is 0. The number of pyridine rings is 1. The number of benzene rings is 1. The average molecular weight is 395 g/mol. The van der Waals surface area contributed by atoms with Crippen LogP contribution in [0.4, 0.5) is 10.2 Å². The first-order chi connectivity index (χ1) is 14.3. The molecule has 0 saturated carbocycles. The third-order valence-corrected chi connectivity index (χ3v) is 4.66. The van der Waals surface area contributed by atoms with Crippen LogP contribution in [-0.2, 0) is 0 Å². The van der Waals surface area contributed by atoms with Crippen molar-refractivity contribution in [3.63, 3.8) is 0 Å². The minimum absolute atomic E-state index is 0.305. The van der Waals surface area contributed by atoms with E-state index in [0.29, 0.717) is 24.1 Å². The Bertz CT molecular complexity index is 902. The average Bonchev–Trinajstić information content (AvgIpc) is 2.77. The normalized spacial score (nSPS) is 14.6. The molecule has 0 atom stereocenters. The van der Waals surface area contributed by atoms with Gasteiger partial charge in [0.2, 0.25) is 0 Å². The van der Waals surface area contributed by atoms with E-state index in [1.807, 2.05) is 12.1 Å². The van der Waals surface area contributed by atoms with Crippen molar-refractivity contribution in [1.82, 2.24) is 19.9 Å². The molecule has 29 heavy (non-hydrogen) atoms. The highest BCUT2D eigenvalue weighted by Crippen LogP contribution is 2.28. The summed E-state index contributed by atoms with van der Waals surface area (Å²) in [6, 6.07) is 9.64. The fourth-order valence-corrected chi connectivity index (χ4v) is 3.13. The molecule has 3 aromatic rings. The predicted molar refractivity (Wildman–Crippen MR) is 107 cm³/mol. The van der Waals surface area contributed by atoms with Crippen LogP contribution in [0.3, 0.4) is 0 Å². The van der Waals surface area contributed by atoms with Crippen molar-refractivity contribution in [2.24, 2.45) is 0 Å². The standard InChI is InChI=1S/C21H22FN5O2/c22-17-3-5-18(6-4-17)29-21-20(24-8-9-25-21)27-12-10-26(11-13-27)14-15-28-19-2-1-7-23-16-19/h1-9,16H,10-15H2. The minimum Gasteiger partial charge on any atom is -0.491 e. The molecular weight excluding hydrogens is 373 g/mol. The summed E-state index contributed by atoms with van der Waals surface area (Å²) in [4.78, 5) is 17.3. The Balaban J connectivity index is 1.31. The van der Waals surface area contributed by atoms with Crippen molar-refractivity contribution in [2.75, 3.05) is 44.2 Å². The molecule has 0 aliphatic carbocycles. The van der Waals surface area contributed by atoms with Gasteiger partial charge < -0.3 is 14.4 Å². The van der Waals surface area contributed by atoms with E-state index in [1.54, 1.807) is 36.9 Å². The highest BCUT2D eigenvalue weighted by molar-refractivity contribution is 5.50. The molecule has 0 amide bonds. The van der Waals surface area contributed by atoms with Crippen LogP contribution >= 0.6 is 0 Å². The Labute approximate surface area is 168 Å². The maximum atomic E-state index is 13.1. The van der Waals surface area contributed by atoms with Gasteiger partial charge in [0.1, 0.15) is 23.9 Å². The number of piperazine rings is 1. The second-order valence-corrected chi connectivity index (χ2v) is 6.61. The van der Waals surface area contributed by atoms with E-state index in [0.717, 1.165) is 38.5 Å². The molecule has 1 saturated heterocycles. The van der Waals surface area contributed by atoms with Crippen LogP contribution in [0.5, 0.6) is 17.4 Å². The second kappa shape index (κ2) is 9.29. The van der Waals surface area contributed by atoms with E-state index in [-0.39, 0.29) is 5.82 Å². The summed E-state index contributed by atoms with van der Waals surface area (Å²) in [6.45, 7) is 4.88. The van der Waals surface area contributed by atoms with Gasteiger partial charge in [-0.05, 0) is 36.4 Å². The number of hydrogen-bond acceptors (Lipinski definition) is 7. The van der Waals surface area contributed by atoms with Crippen molar-refractivity contribution in [3.05, 3.63) is 67.0 Å². The van der Waals surface area contributed by atoms with Crippen LogP contribution < -0.4 is 14.4 Å². The van der Waals surface area contributed by atoms with Gasteiger partial charge >= 0.3 is 0 Å². The fraction of sp³-hybridized carbons (Fsp3) is 0.286. The number of halogens is 1. The second-order valence-electron chi connectivity index (χ2n) is 6.61. The molecule has 4 rings (SSSR count). The molecule has 0 unspecified atom stereocenters. The third-order valence-electron chi connectivity index (χ3n) is 4.66. The van der Waals surface area contributed by atoms with Gasteiger partial charge in [-0.15, -0.1) is 0 Å². The molecule has 1 aliphatic rings. The molecular formula is C21H22FN5O2. The molecule has 1 aromatic carbocycles. The maximum Gasteiger partial charge on any atom is 0.263 e. The Kier molecular flexibility index (Phi) is 6.11. The number of rotatable bonds is 7. The summed E-state index contributed by atoms with van der Waals surface area (Å²) in [5, 5.41) is 0. The Morgan fingerprint density at radius 3 is 2.45 bits per heavy atom. The van der Waals surface area contributed by atoms with Crippen LogP contribution in [-0.4, -0.2) is 59.2 Å². The summed E-state index contributed by atoms with van der Waals surface area (Å²) in [6.07, 6.45) is 6.69. The summed E-state index contributed by atoms with van der Waals surface area (Å²) < 4.78 is 24.7. The van der Waals surface area contributed by atoms with Crippen LogP contribution in [0.2, 0.25) is 0 Å². The van der Waals surface area contributed by atoms with E-state index >= 15 is 0 Å². The first kappa shape index (κ1) is 19.1. The quantitative estimate of drug-likeness (QED) is 0.609. The van der Waals surface area contributed by atoms with E-state index in [1.165, 1.54) is 12.1 Å². The molecule has 0 bridgehead atoms. The Morgan fingerprint density at radius 2 is 1.69 bits per heavy atom. The zero-order valence-electron chi connectivity index (χ0n) is 15.9. The maximum absolute atomic E-state index is 13.1. The van der Waals surface area contributed by atoms with Crippen molar-refractivity contribution >= 4 is 5.82 Å². The minimum atomic E-state index is -0.305. The van der Waals surface area contributed by atoms with Crippen LogP contribution in [0.1, 0.15) is 0 Å². The fourth-order valence-electron chi connectivity index (χ4n) is 3.13. The molecule has 0 radical (unpaired) electrons. The SMILES string of the molecule is Fc1ccc(Oc2nccnc2N2CCN(CCOc3cccnc3)CC2)cc1. The molecule has 0 spiro atoms. The molecule has 8 heteroatoms. The van der Waals surface area contributed by atoms with Crippen molar-refractivity contribution in [3.8, 4) is 17.4 Å². The van der Waals surface area contributed by atoms with Gasteiger partial charge in [-0.25, -0.2) is 14.4 Å². The largest absolute Gasteiger partial charge is 0.491 e. The summed E-state index contributed by atoms with van der Waals surface area (Å²) in [5.41, 5.74) is 0. The molecule has 2 aromatic heterocycles. The third kappa shape index (κ3) is 5.17. The van der Waals surface area contributed by atoms with E-state index < -0.39 is 0 Å². The van der Waals surface area contributed by atoms with Crippen LogP contribution in [0.15, 0.2) is 61.2 Å². The van der Waals surface area contributed by atoms with E-state index in [4.69, 9.17) is 9.47 Å². The summed E-state index contributed by atoms with van der Waals surface area (Å²) >= 11 is 0. The molecule has 0 N–H and O–H groups in total. The zero-order valence-corrected chi connectivity index (χ0v) is 15.9. The van der Waals surface area contributed by atoms with Gasteiger partial charge in [-0.1, -0.05) is 0 Å². The molecule has 3 heterocycles. The highest BCUT2D eigenvalue weighted by Gasteiger charge is 2.21. The highest BCUT2D eigenvalue weighted by atomic mass is 19.1. The first-order valence-electron chi connectivity index (χ1n) is 9.52. The smallest absolute Gasteiger partial charge is 0.263 e. The van der Waals surface area contributed by atoms with Crippen molar-refractivity contribution in [2.45, 2.75) is 0 Å². The van der Waals surface area contributed by atoms with Crippen molar-refractivity contribution in [1.29, 1.82) is 0 Å². The van der Waals surface area contributed by atoms with E-state index in [9.17, 15) is 4.39 Å². The Morgan fingerprint density at radius 1 is 0.897 bits per heavy atom. The van der Waals surface area contributed by atoms with Gasteiger partial charge in [0, 0.05) is 51.3 Å². The van der Waals surface area contributed by atoms with Gasteiger partial charge in [0.15, 0.2) is 5.82 Å². The predicted octanol–water partition coefficient (Wildman–Crippen LogP) is 3.00. The lowest BCUT2D eigenvalue weighted by atomic mass is 10.3. The van der Waals surface area contributed by atoms with Crippen LogP contribution in [0, 0.1) is 5.82 Å². The van der Waals surface area contributed by atoms with Gasteiger partial charge in [-0.3, -0.25) is 9.88 Å². The topological polar surface area (TPSA) is 63.6 Å². The number of anilines is 1. The molecule has 1 fully saturated rings. The number of ether oxygens (including phenoxy) is 2. The van der Waals surface area contributed by atoms with Crippen LogP contribution in [0.25, 0.3) is 0 Å². The van der Waals surface area contributed by atoms with Crippen molar-refractivity contribution < 1.29 is 13.9 Å². The van der Waals surface area contributed by atoms with Gasteiger partial charge in [0.05, 0.1) is 6.20 Å². The Hall–Kier alpha value is -3.26. The number of hydrogen-bond donors (Lipinski definition) is 0. The number of nitrogens with zero attached hydrogens (tertiary/aromatic N) is 5. The zero-order chi connectivity index (χ0) is 19.9. The van der Waals surface area contributed by atoms with Gasteiger partial charge in [-0.2, -0.15) is 0 Å². The lowest BCUT2D eigenvalue weighted by Crippen LogP contribution is -2.47. The number of aromatic nitrogens is 3. The summed E-state index contributed by atoms with van der Waals surface area (Å²) in [5.74, 6) is 2.13.